The topological polar surface area (TPSA) is 113 Å². The molecule has 0 saturated heterocycles. The number of para-hydroxylation sites is 1. The molecule has 160 valence electrons. The Kier molecular flexibility index (Phi) is 4.29. The van der Waals surface area contributed by atoms with Crippen molar-refractivity contribution in [3.05, 3.63) is 73.1 Å². The summed E-state index contributed by atoms with van der Waals surface area (Å²) in [7, 11) is 1.66. The van der Waals surface area contributed by atoms with Gasteiger partial charge in [0.2, 0.25) is 0 Å². The van der Waals surface area contributed by atoms with Gasteiger partial charge in [-0.3, -0.25) is 10.1 Å². The van der Waals surface area contributed by atoms with Crippen molar-refractivity contribution in [3.8, 4) is 45.4 Å². The maximum absolute atomic E-state index is 9.78. The SMILES string of the molecule is COc1cccc(-c2cccc3[nH]c(-c4n[nH]c5ccc(-c6cncc(O)c6)nc45)nc23)c1. The molecule has 6 rings (SSSR count). The summed E-state index contributed by atoms with van der Waals surface area (Å²) in [5, 5.41) is 17.3. The van der Waals surface area contributed by atoms with Gasteiger partial charge in [0.25, 0.3) is 0 Å². The summed E-state index contributed by atoms with van der Waals surface area (Å²) < 4.78 is 5.39. The molecule has 8 heteroatoms. The number of fused-ring (bicyclic) bond motifs is 2. The molecule has 0 unspecified atom stereocenters. The van der Waals surface area contributed by atoms with E-state index in [-0.39, 0.29) is 5.75 Å². The second-order valence-corrected chi connectivity index (χ2v) is 7.62. The lowest BCUT2D eigenvalue weighted by atomic mass is 10.0. The fraction of sp³-hybridized carbons (Fsp3) is 0.0400. The van der Waals surface area contributed by atoms with Crippen LogP contribution in [0.2, 0.25) is 0 Å². The quantitative estimate of drug-likeness (QED) is 0.362. The zero-order chi connectivity index (χ0) is 22.4. The van der Waals surface area contributed by atoms with Crippen LogP contribution in [0.15, 0.2) is 73.1 Å². The van der Waals surface area contributed by atoms with Crippen LogP contribution < -0.4 is 4.74 Å². The Hall–Kier alpha value is -4.72. The number of ether oxygens (including phenoxy) is 1. The number of nitrogens with zero attached hydrogens (tertiary/aromatic N) is 4. The van der Waals surface area contributed by atoms with Gasteiger partial charge in [0.05, 0.1) is 35.6 Å². The van der Waals surface area contributed by atoms with Crippen molar-refractivity contribution in [1.82, 2.24) is 30.1 Å². The molecule has 0 aliphatic carbocycles. The number of hydrogen-bond acceptors (Lipinski definition) is 6. The van der Waals surface area contributed by atoms with Crippen molar-refractivity contribution < 1.29 is 9.84 Å². The number of aromatic nitrogens is 6. The van der Waals surface area contributed by atoms with Gasteiger partial charge in [0.15, 0.2) is 11.5 Å². The minimum atomic E-state index is 0.0872. The van der Waals surface area contributed by atoms with Crippen molar-refractivity contribution in [2.24, 2.45) is 0 Å². The first-order chi connectivity index (χ1) is 16.2. The van der Waals surface area contributed by atoms with Crippen molar-refractivity contribution in [2.75, 3.05) is 7.11 Å². The number of rotatable bonds is 4. The van der Waals surface area contributed by atoms with Crippen LogP contribution in [-0.2, 0) is 0 Å². The number of aromatic hydroxyl groups is 1. The number of benzene rings is 2. The summed E-state index contributed by atoms with van der Waals surface area (Å²) in [5.74, 6) is 1.49. The van der Waals surface area contributed by atoms with Gasteiger partial charge in [0.1, 0.15) is 17.0 Å². The maximum atomic E-state index is 9.78. The molecule has 0 aliphatic rings. The Morgan fingerprint density at radius 3 is 2.64 bits per heavy atom. The van der Waals surface area contributed by atoms with Crippen molar-refractivity contribution in [3.63, 3.8) is 0 Å². The van der Waals surface area contributed by atoms with E-state index in [0.717, 1.165) is 33.4 Å². The average molecular weight is 434 g/mol. The lowest BCUT2D eigenvalue weighted by Crippen LogP contribution is -1.88. The molecule has 0 spiro atoms. The van der Waals surface area contributed by atoms with Gasteiger partial charge in [-0.2, -0.15) is 5.10 Å². The molecule has 0 fully saturated rings. The van der Waals surface area contributed by atoms with Crippen LogP contribution in [0.25, 0.3) is 56.0 Å². The summed E-state index contributed by atoms with van der Waals surface area (Å²) in [4.78, 5) is 17.1. The fourth-order valence-electron chi connectivity index (χ4n) is 3.96. The van der Waals surface area contributed by atoms with E-state index in [1.54, 1.807) is 19.4 Å². The zero-order valence-electron chi connectivity index (χ0n) is 17.6. The van der Waals surface area contributed by atoms with Gasteiger partial charge >= 0.3 is 0 Å². The summed E-state index contributed by atoms with van der Waals surface area (Å²) in [6.07, 6.45) is 3.05. The summed E-state index contributed by atoms with van der Waals surface area (Å²) >= 11 is 0. The molecule has 4 aromatic heterocycles. The Morgan fingerprint density at radius 2 is 1.76 bits per heavy atom. The van der Waals surface area contributed by atoms with E-state index in [0.29, 0.717) is 28.3 Å². The molecule has 33 heavy (non-hydrogen) atoms. The number of nitrogens with one attached hydrogen (secondary N) is 2. The minimum Gasteiger partial charge on any atom is -0.506 e. The molecule has 0 bridgehead atoms. The van der Waals surface area contributed by atoms with E-state index in [4.69, 9.17) is 14.7 Å². The van der Waals surface area contributed by atoms with Crippen LogP contribution in [0, 0.1) is 0 Å². The number of methoxy groups -OCH3 is 1. The predicted molar refractivity (Wildman–Crippen MR) is 126 cm³/mol. The monoisotopic (exact) mass is 434 g/mol. The predicted octanol–water partition coefficient (Wildman–Crippen LogP) is 4.94. The Labute approximate surface area is 188 Å². The van der Waals surface area contributed by atoms with E-state index < -0.39 is 0 Å². The molecular formula is C25H18N6O2. The third-order valence-corrected chi connectivity index (χ3v) is 5.55. The molecule has 3 N–H and O–H groups in total. The van der Waals surface area contributed by atoms with E-state index >= 15 is 0 Å². The third kappa shape index (κ3) is 3.25. The van der Waals surface area contributed by atoms with Gasteiger partial charge < -0.3 is 14.8 Å². The molecular weight excluding hydrogens is 416 g/mol. The molecule has 6 aromatic rings. The van der Waals surface area contributed by atoms with Crippen LogP contribution in [-0.4, -0.2) is 42.3 Å². The summed E-state index contributed by atoms with van der Waals surface area (Å²) in [6, 6.07) is 19.3. The molecule has 0 amide bonds. The van der Waals surface area contributed by atoms with Crippen LogP contribution in [0.1, 0.15) is 0 Å². The van der Waals surface area contributed by atoms with Gasteiger partial charge in [0, 0.05) is 17.3 Å². The molecule has 0 saturated carbocycles. The zero-order valence-corrected chi connectivity index (χ0v) is 17.6. The van der Waals surface area contributed by atoms with Gasteiger partial charge in [-0.15, -0.1) is 0 Å². The highest BCUT2D eigenvalue weighted by atomic mass is 16.5. The van der Waals surface area contributed by atoms with Crippen LogP contribution in [0.5, 0.6) is 11.5 Å². The molecule has 0 aliphatic heterocycles. The minimum absolute atomic E-state index is 0.0872. The van der Waals surface area contributed by atoms with E-state index in [2.05, 4.69) is 20.2 Å². The highest BCUT2D eigenvalue weighted by molar-refractivity contribution is 5.96. The number of hydrogen-bond donors (Lipinski definition) is 3. The Morgan fingerprint density at radius 1 is 0.848 bits per heavy atom. The normalized spacial score (nSPS) is 11.3. The second kappa shape index (κ2) is 7.45. The largest absolute Gasteiger partial charge is 0.506 e. The Balaban J connectivity index is 1.49. The van der Waals surface area contributed by atoms with Gasteiger partial charge in [-0.05, 0) is 42.0 Å². The van der Waals surface area contributed by atoms with Gasteiger partial charge in [-0.1, -0.05) is 24.3 Å². The number of aromatic amines is 2. The van der Waals surface area contributed by atoms with Crippen LogP contribution >= 0.6 is 0 Å². The van der Waals surface area contributed by atoms with Crippen molar-refractivity contribution in [2.45, 2.75) is 0 Å². The average Bonchev–Trinajstić information content (AvgIpc) is 3.47. The first-order valence-electron chi connectivity index (χ1n) is 10.3. The molecule has 0 radical (unpaired) electrons. The number of H-pyrrole nitrogens is 2. The smallest absolute Gasteiger partial charge is 0.161 e. The second-order valence-electron chi connectivity index (χ2n) is 7.62. The van der Waals surface area contributed by atoms with E-state index in [9.17, 15) is 5.11 Å². The first kappa shape index (κ1) is 19.0. The lowest BCUT2D eigenvalue weighted by Gasteiger charge is -2.05. The lowest BCUT2D eigenvalue weighted by molar-refractivity contribution is 0.415. The summed E-state index contributed by atoms with van der Waals surface area (Å²) in [5.41, 5.74) is 7.23. The van der Waals surface area contributed by atoms with Crippen molar-refractivity contribution in [1.29, 1.82) is 0 Å². The molecule has 8 nitrogen and oxygen atoms in total. The molecule has 2 aromatic carbocycles. The van der Waals surface area contributed by atoms with E-state index in [1.807, 2.05) is 54.6 Å². The third-order valence-electron chi connectivity index (χ3n) is 5.55. The Bertz CT molecular complexity index is 1640. The first-order valence-corrected chi connectivity index (χ1v) is 10.3. The summed E-state index contributed by atoms with van der Waals surface area (Å²) in [6.45, 7) is 0. The van der Waals surface area contributed by atoms with Crippen LogP contribution in [0.4, 0.5) is 0 Å². The highest BCUT2D eigenvalue weighted by Gasteiger charge is 2.17. The van der Waals surface area contributed by atoms with Crippen LogP contribution in [0.3, 0.4) is 0 Å². The highest BCUT2D eigenvalue weighted by Crippen LogP contribution is 2.33. The van der Waals surface area contributed by atoms with Crippen molar-refractivity contribution >= 4 is 22.1 Å². The number of imidazole rings is 1. The molecule has 0 atom stereocenters. The maximum Gasteiger partial charge on any atom is 0.161 e. The number of pyridine rings is 2. The fourth-order valence-corrected chi connectivity index (χ4v) is 3.96. The van der Waals surface area contributed by atoms with E-state index in [1.165, 1.54) is 6.20 Å². The molecule has 4 heterocycles. The standard InChI is InChI=1S/C25H18N6O2/c1-33-17-5-2-4-14(11-17)18-6-3-7-20-22(18)29-25(28-20)24-23-21(30-31-24)9-8-19(27-23)15-10-16(32)13-26-12-15/h2-13,32H,1H3,(H,28,29)(H,30,31). The van der Waals surface area contributed by atoms with Gasteiger partial charge in [-0.25, -0.2) is 9.97 Å².